The molecule has 7 heteroatoms. The van der Waals surface area contributed by atoms with E-state index in [1.54, 1.807) is 7.11 Å². The van der Waals surface area contributed by atoms with E-state index >= 15 is 0 Å². The second-order valence-electron chi connectivity index (χ2n) is 4.07. The van der Waals surface area contributed by atoms with Gasteiger partial charge in [0, 0.05) is 19.7 Å². The molecule has 19 heavy (non-hydrogen) atoms. The molecule has 0 aliphatic carbocycles. The quantitative estimate of drug-likeness (QED) is 0.708. The number of thiophene rings is 1. The Hall–Kier alpha value is -1.47. The van der Waals surface area contributed by atoms with Crippen LogP contribution in [0.25, 0.3) is 0 Å². The summed E-state index contributed by atoms with van der Waals surface area (Å²) >= 11 is 1.28. The maximum Gasteiger partial charge on any atom is 0.263 e. The van der Waals surface area contributed by atoms with Crippen molar-refractivity contribution in [1.29, 1.82) is 0 Å². The number of anilines is 2. The van der Waals surface area contributed by atoms with Gasteiger partial charge in [-0.05, 0) is 13.8 Å². The molecule has 1 atom stereocenters. The van der Waals surface area contributed by atoms with Crippen LogP contribution in [-0.2, 0) is 4.74 Å². The number of carbonyl (C=O) groups excluding carboxylic acids is 1. The fourth-order valence-electron chi connectivity index (χ4n) is 1.65. The smallest absolute Gasteiger partial charge is 0.263 e. The van der Waals surface area contributed by atoms with Crippen LogP contribution in [0.1, 0.15) is 23.5 Å². The molecule has 4 N–H and O–H groups in total. The lowest BCUT2D eigenvalue weighted by atomic mass is 10.3. The molecule has 1 aromatic rings. The zero-order valence-corrected chi connectivity index (χ0v) is 12.5. The molecule has 1 unspecified atom stereocenters. The fourth-order valence-corrected chi connectivity index (χ4v) is 2.77. The van der Waals surface area contributed by atoms with Crippen LogP contribution < -0.4 is 21.1 Å². The topological polar surface area (TPSA) is 85.6 Å². The van der Waals surface area contributed by atoms with Gasteiger partial charge in [0.2, 0.25) is 0 Å². The normalized spacial score (nSPS) is 12.0. The second-order valence-corrected chi connectivity index (χ2v) is 5.09. The molecule has 108 valence electrons. The lowest BCUT2D eigenvalue weighted by molar-refractivity contribution is 0.0960. The van der Waals surface area contributed by atoms with Crippen LogP contribution in [0, 0.1) is 0 Å². The Labute approximate surface area is 117 Å². The molecule has 0 saturated carbocycles. The molecule has 0 radical (unpaired) electrons. The van der Waals surface area contributed by atoms with Crippen LogP contribution in [0.2, 0.25) is 0 Å². The van der Waals surface area contributed by atoms with Crippen molar-refractivity contribution < 1.29 is 14.3 Å². The lowest BCUT2D eigenvalue weighted by Crippen LogP contribution is -2.22. The van der Waals surface area contributed by atoms with Crippen molar-refractivity contribution in [2.45, 2.75) is 19.9 Å². The highest BCUT2D eigenvalue weighted by molar-refractivity contribution is 7.19. The average molecular weight is 287 g/mol. The maximum absolute atomic E-state index is 11.9. The number of carbonyl (C=O) groups is 1. The monoisotopic (exact) mass is 287 g/mol. The number of rotatable bonds is 7. The van der Waals surface area contributed by atoms with Gasteiger partial charge in [0.1, 0.15) is 15.6 Å². The van der Waals surface area contributed by atoms with Crippen LogP contribution in [-0.4, -0.2) is 39.3 Å². The van der Waals surface area contributed by atoms with Crippen LogP contribution in [0.4, 0.5) is 10.7 Å². The van der Waals surface area contributed by atoms with Gasteiger partial charge in [-0.15, -0.1) is 11.3 Å². The van der Waals surface area contributed by atoms with E-state index in [9.17, 15) is 4.79 Å². The summed E-state index contributed by atoms with van der Waals surface area (Å²) in [6.07, 6.45) is 0. The van der Waals surface area contributed by atoms with Crippen molar-refractivity contribution in [3.63, 3.8) is 0 Å². The average Bonchev–Trinajstić information content (AvgIpc) is 2.66. The molecule has 0 fully saturated rings. The predicted octanol–water partition coefficient (Wildman–Crippen LogP) is 1.54. The number of amides is 1. The van der Waals surface area contributed by atoms with Crippen molar-refractivity contribution >= 4 is 27.9 Å². The second kappa shape index (κ2) is 7.20. The summed E-state index contributed by atoms with van der Waals surface area (Å²) in [4.78, 5) is 12.3. The van der Waals surface area contributed by atoms with E-state index in [0.29, 0.717) is 29.5 Å². The zero-order chi connectivity index (χ0) is 14.4. The first-order chi connectivity index (χ1) is 9.04. The Kier molecular flexibility index (Phi) is 5.91. The molecule has 0 aromatic carbocycles. The number of methoxy groups -OCH3 is 2. The minimum atomic E-state index is -0.184. The minimum absolute atomic E-state index is 0.0963. The molecule has 0 saturated heterocycles. The van der Waals surface area contributed by atoms with E-state index < -0.39 is 0 Å². The van der Waals surface area contributed by atoms with Crippen molar-refractivity contribution in [3.05, 3.63) is 4.88 Å². The van der Waals surface area contributed by atoms with E-state index in [4.69, 9.17) is 15.2 Å². The van der Waals surface area contributed by atoms with Gasteiger partial charge >= 0.3 is 0 Å². The van der Waals surface area contributed by atoms with E-state index in [2.05, 4.69) is 10.6 Å². The number of nitrogen functional groups attached to an aromatic ring is 1. The van der Waals surface area contributed by atoms with Crippen molar-refractivity contribution in [3.8, 4) is 5.75 Å². The minimum Gasteiger partial charge on any atom is -0.492 e. The largest absolute Gasteiger partial charge is 0.492 e. The molecule has 0 bridgehead atoms. The SMILES string of the molecule is CCNC(=O)c1sc(NC(C)COC)c(OC)c1N. The Bertz CT molecular complexity index is 434. The zero-order valence-electron chi connectivity index (χ0n) is 11.7. The molecule has 0 spiro atoms. The predicted molar refractivity (Wildman–Crippen MR) is 78.3 cm³/mol. The Morgan fingerprint density at radius 1 is 1.47 bits per heavy atom. The third-order valence-corrected chi connectivity index (χ3v) is 3.56. The number of hydrogen-bond donors (Lipinski definition) is 3. The number of nitrogens with two attached hydrogens (primary N) is 1. The van der Waals surface area contributed by atoms with E-state index in [0.717, 1.165) is 5.00 Å². The molecule has 0 aliphatic heterocycles. The Balaban J connectivity index is 2.98. The van der Waals surface area contributed by atoms with E-state index in [1.165, 1.54) is 18.4 Å². The van der Waals surface area contributed by atoms with Gasteiger partial charge in [0.05, 0.1) is 13.7 Å². The molecule has 1 rings (SSSR count). The van der Waals surface area contributed by atoms with Crippen LogP contribution in [0.15, 0.2) is 0 Å². The van der Waals surface area contributed by atoms with Crippen molar-refractivity contribution in [2.75, 3.05) is 38.4 Å². The van der Waals surface area contributed by atoms with Crippen LogP contribution >= 0.6 is 11.3 Å². The number of hydrogen-bond acceptors (Lipinski definition) is 6. The summed E-state index contributed by atoms with van der Waals surface area (Å²) in [5, 5.41) is 6.70. The molecular weight excluding hydrogens is 266 g/mol. The molecular formula is C12H21N3O3S. The number of nitrogens with one attached hydrogen (secondary N) is 2. The van der Waals surface area contributed by atoms with Crippen molar-refractivity contribution in [1.82, 2.24) is 5.32 Å². The molecule has 1 aromatic heterocycles. The van der Waals surface area contributed by atoms with Gasteiger partial charge in [0.15, 0.2) is 5.75 Å². The van der Waals surface area contributed by atoms with Gasteiger partial charge in [-0.25, -0.2) is 0 Å². The fraction of sp³-hybridized carbons (Fsp3) is 0.583. The van der Waals surface area contributed by atoms with Crippen molar-refractivity contribution in [2.24, 2.45) is 0 Å². The summed E-state index contributed by atoms with van der Waals surface area (Å²) in [7, 11) is 3.17. The lowest BCUT2D eigenvalue weighted by Gasteiger charge is -2.13. The first-order valence-electron chi connectivity index (χ1n) is 6.05. The highest BCUT2D eigenvalue weighted by Gasteiger charge is 2.22. The first kappa shape index (κ1) is 15.6. The number of ether oxygens (including phenoxy) is 2. The van der Waals surface area contributed by atoms with Gasteiger partial charge in [-0.3, -0.25) is 4.79 Å². The summed E-state index contributed by atoms with van der Waals surface area (Å²) in [6, 6.07) is 0.0963. The summed E-state index contributed by atoms with van der Waals surface area (Å²) < 4.78 is 10.3. The third kappa shape index (κ3) is 3.74. The van der Waals surface area contributed by atoms with E-state index in [-0.39, 0.29) is 11.9 Å². The molecule has 1 heterocycles. The summed E-state index contributed by atoms with van der Waals surface area (Å²) in [6.45, 7) is 4.95. The molecule has 6 nitrogen and oxygen atoms in total. The summed E-state index contributed by atoms with van der Waals surface area (Å²) in [5.41, 5.74) is 6.32. The third-order valence-electron chi connectivity index (χ3n) is 2.44. The van der Waals surface area contributed by atoms with Gasteiger partial charge in [-0.1, -0.05) is 0 Å². The van der Waals surface area contributed by atoms with Gasteiger partial charge < -0.3 is 25.8 Å². The van der Waals surface area contributed by atoms with Gasteiger partial charge in [0.25, 0.3) is 5.91 Å². The standard InChI is InChI=1S/C12H21N3O3S/c1-5-14-11(16)10-8(13)9(18-4)12(19-10)15-7(2)6-17-3/h7,15H,5-6,13H2,1-4H3,(H,14,16). The Morgan fingerprint density at radius 3 is 2.68 bits per heavy atom. The highest BCUT2D eigenvalue weighted by Crippen LogP contribution is 2.42. The van der Waals surface area contributed by atoms with Crippen LogP contribution in [0.3, 0.4) is 0 Å². The highest BCUT2D eigenvalue weighted by atomic mass is 32.1. The maximum atomic E-state index is 11.9. The first-order valence-corrected chi connectivity index (χ1v) is 6.86. The Morgan fingerprint density at radius 2 is 2.16 bits per heavy atom. The van der Waals surface area contributed by atoms with E-state index in [1.807, 2.05) is 13.8 Å². The van der Waals surface area contributed by atoms with Crippen LogP contribution in [0.5, 0.6) is 5.75 Å². The molecule has 1 amide bonds. The summed E-state index contributed by atoms with van der Waals surface area (Å²) in [5.74, 6) is 0.324. The molecule has 0 aliphatic rings. The van der Waals surface area contributed by atoms with Gasteiger partial charge in [-0.2, -0.15) is 0 Å².